The molecule has 4 N–H and O–H groups in total. The zero-order chi connectivity index (χ0) is 9.99. The number of carboxylic acids is 1. The topological polar surface area (TPSA) is 118 Å². The first kappa shape index (κ1) is 11.3. The Morgan fingerprint density at radius 3 is 2.25 bits per heavy atom. The van der Waals surface area contributed by atoms with E-state index in [0.717, 1.165) is 0 Å². The Labute approximate surface area is 70.1 Å². The molecule has 12 heavy (non-hydrogen) atoms. The summed E-state index contributed by atoms with van der Waals surface area (Å²) in [5.41, 5.74) is 3.58. The highest BCUT2D eigenvalue weighted by Gasteiger charge is 2.29. The predicted octanol–water partition coefficient (Wildman–Crippen LogP) is -0.934. The molecule has 0 aliphatic carbocycles. The van der Waals surface area contributed by atoms with Crippen LogP contribution in [0.2, 0.25) is 0 Å². The smallest absolute Gasteiger partial charge is 0.323 e. The maximum absolute atomic E-state index is 10.3. The van der Waals surface area contributed by atoms with Crippen LogP contribution in [0.4, 0.5) is 0 Å². The summed E-state index contributed by atoms with van der Waals surface area (Å²) in [6.45, 7) is 1.18. The van der Waals surface area contributed by atoms with Crippen LogP contribution in [-0.2, 0) is 14.9 Å². The van der Waals surface area contributed by atoms with Crippen LogP contribution in [0.5, 0.6) is 0 Å². The van der Waals surface area contributed by atoms with Crippen molar-refractivity contribution in [1.82, 2.24) is 0 Å². The van der Waals surface area contributed by atoms with Gasteiger partial charge in [0.25, 0.3) is 10.1 Å². The van der Waals surface area contributed by atoms with Crippen LogP contribution in [0.25, 0.3) is 0 Å². The van der Waals surface area contributed by atoms with Crippen molar-refractivity contribution in [1.29, 1.82) is 0 Å². The summed E-state index contributed by atoms with van der Waals surface area (Å²) in [6, 6.07) is 0. The van der Waals surface area contributed by atoms with Crippen LogP contribution in [0.3, 0.4) is 0 Å². The van der Waals surface area contributed by atoms with Gasteiger partial charge in [0.15, 0.2) is 0 Å². The number of aliphatic carboxylic acids is 1. The molecule has 0 heterocycles. The standard InChI is InChI=1S/C5H11NO5S/c1-5(6,4(7)8)2-3-12(9,10)11/h2-3,6H2,1H3,(H,7,8)(H,9,10,11)/t5-/m0/s1. The number of rotatable bonds is 4. The van der Waals surface area contributed by atoms with Crippen molar-refractivity contribution in [3.63, 3.8) is 0 Å². The Hall–Kier alpha value is -0.660. The Morgan fingerprint density at radius 2 is 2.00 bits per heavy atom. The van der Waals surface area contributed by atoms with Gasteiger partial charge in [-0.1, -0.05) is 0 Å². The van der Waals surface area contributed by atoms with Crippen molar-refractivity contribution >= 4 is 16.1 Å². The van der Waals surface area contributed by atoms with Crippen LogP contribution in [0.1, 0.15) is 13.3 Å². The minimum absolute atomic E-state index is 0.318. The Kier molecular flexibility index (Phi) is 3.19. The van der Waals surface area contributed by atoms with Crippen LogP contribution in [0.15, 0.2) is 0 Å². The predicted molar refractivity (Wildman–Crippen MR) is 41.3 cm³/mol. The molecule has 72 valence electrons. The SMILES string of the molecule is C[C@](N)(CCS(=O)(=O)O)C(=O)O. The van der Waals surface area contributed by atoms with E-state index in [0.29, 0.717) is 0 Å². The summed E-state index contributed by atoms with van der Waals surface area (Å²) in [4.78, 5) is 10.3. The molecule has 0 fully saturated rings. The van der Waals surface area contributed by atoms with Crippen LogP contribution in [-0.4, -0.2) is 35.3 Å². The van der Waals surface area contributed by atoms with Crippen molar-refractivity contribution in [2.45, 2.75) is 18.9 Å². The van der Waals surface area contributed by atoms with Crippen molar-refractivity contribution in [2.24, 2.45) is 5.73 Å². The van der Waals surface area contributed by atoms with Gasteiger partial charge in [-0.25, -0.2) is 0 Å². The van der Waals surface area contributed by atoms with E-state index in [4.69, 9.17) is 15.4 Å². The van der Waals surface area contributed by atoms with E-state index >= 15 is 0 Å². The van der Waals surface area contributed by atoms with Gasteiger partial charge in [-0.05, 0) is 13.3 Å². The lowest BCUT2D eigenvalue weighted by Crippen LogP contribution is -2.46. The van der Waals surface area contributed by atoms with Crippen LogP contribution >= 0.6 is 0 Å². The maximum Gasteiger partial charge on any atom is 0.323 e. The molecule has 0 radical (unpaired) electrons. The quantitative estimate of drug-likeness (QED) is 0.501. The van der Waals surface area contributed by atoms with Gasteiger partial charge in [0.05, 0.1) is 5.75 Å². The molecular weight excluding hydrogens is 186 g/mol. The summed E-state index contributed by atoms with van der Waals surface area (Å²) < 4.78 is 28.7. The zero-order valence-electron chi connectivity index (χ0n) is 6.52. The normalized spacial score (nSPS) is 16.9. The molecule has 0 amide bonds. The fourth-order valence-electron chi connectivity index (χ4n) is 0.448. The third-order valence-corrected chi connectivity index (χ3v) is 2.09. The number of carboxylic acid groups (broad SMARTS) is 1. The van der Waals surface area contributed by atoms with E-state index in [1.807, 2.05) is 0 Å². The molecule has 0 aliphatic heterocycles. The molecule has 0 aromatic heterocycles. The fourth-order valence-corrected chi connectivity index (χ4v) is 1.13. The summed E-state index contributed by atoms with van der Waals surface area (Å²) in [6.07, 6.45) is -0.318. The third kappa shape index (κ3) is 4.27. The van der Waals surface area contributed by atoms with Gasteiger partial charge < -0.3 is 10.8 Å². The summed E-state index contributed by atoms with van der Waals surface area (Å²) in [5.74, 6) is -1.95. The fraction of sp³-hybridized carbons (Fsp3) is 0.800. The minimum Gasteiger partial charge on any atom is -0.480 e. The number of hydrogen-bond donors (Lipinski definition) is 3. The van der Waals surface area contributed by atoms with Gasteiger partial charge in [-0.15, -0.1) is 0 Å². The van der Waals surface area contributed by atoms with Gasteiger partial charge in [0, 0.05) is 0 Å². The Bertz CT molecular complexity index is 268. The Balaban J connectivity index is 4.20. The second-order valence-corrected chi connectivity index (χ2v) is 4.33. The molecule has 1 atom stereocenters. The lowest BCUT2D eigenvalue weighted by molar-refractivity contribution is -0.142. The highest BCUT2D eigenvalue weighted by molar-refractivity contribution is 7.85. The largest absolute Gasteiger partial charge is 0.480 e. The molecule has 0 rings (SSSR count). The van der Waals surface area contributed by atoms with E-state index in [1.54, 1.807) is 0 Å². The van der Waals surface area contributed by atoms with Gasteiger partial charge in [0.1, 0.15) is 5.54 Å². The van der Waals surface area contributed by atoms with Gasteiger partial charge in [0.2, 0.25) is 0 Å². The summed E-state index contributed by atoms with van der Waals surface area (Å²) in [5, 5.41) is 8.44. The molecule has 0 aromatic rings. The first-order chi connectivity index (χ1) is 5.15. The van der Waals surface area contributed by atoms with Crippen molar-refractivity contribution < 1.29 is 22.9 Å². The second kappa shape index (κ2) is 3.38. The van der Waals surface area contributed by atoms with Gasteiger partial charge in [-0.3, -0.25) is 9.35 Å². The highest BCUT2D eigenvalue weighted by Crippen LogP contribution is 2.06. The van der Waals surface area contributed by atoms with Gasteiger partial charge >= 0.3 is 5.97 Å². The van der Waals surface area contributed by atoms with Crippen molar-refractivity contribution in [3.05, 3.63) is 0 Å². The van der Waals surface area contributed by atoms with Crippen molar-refractivity contribution in [2.75, 3.05) is 5.75 Å². The molecule has 0 unspecified atom stereocenters. The van der Waals surface area contributed by atoms with E-state index in [1.165, 1.54) is 6.92 Å². The van der Waals surface area contributed by atoms with E-state index in [2.05, 4.69) is 0 Å². The molecule has 0 aromatic carbocycles. The molecule has 0 spiro atoms. The lowest BCUT2D eigenvalue weighted by Gasteiger charge is -2.17. The summed E-state index contributed by atoms with van der Waals surface area (Å²) in [7, 11) is -4.13. The number of hydrogen-bond acceptors (Lipinski definition) is 4. The second-order valence-electron chi connectivity index (χ2n) is 2.76. The first-order valence-corrected chi connectivity index (χ1v) is 4.73. The van der Waals surface area contributed by atoms with Crippen LogP contribution < -0.4 is 5.73 Å². The highest BCUT2D eigenvalue weighted by atomic mass is 32.2. The molecule has 0 bridgehead atoms. The number of carbonyl (C=O) groups is 1. The summed E-state index contributed by atoms with van der Waals surface area (Å²) >= 11 is 0. The maximum atomic E-state index is 10.3. The minimum atomic E-state index is -4.13. The molecule has 0 saturated carbocycles. The van der Waals surface area contributed by atoms with Crippen molar-refractivity contribution in [3.8, 4) is 0 Å². The van der Waals surface area contributed by atoms with E-state index in [-0.39, 0.29) is 6.42 Å². The Morgan fingerprint density at radius 1 is 1.58 bits per heavy atom. The zero-order valence-corrected chi connectivity index (χ0v) is 7.34. The van der Waals surface area contributed by atoms with Crippen LogP contribution in [0, 0.1) is 0 Å². The average Bonchev–Trinajstić information content (AvgIpc) is 1.82. The molecular formula is C5H11NO5S. The molecule has 0 aliphatic rings. The monoisotopic (exact) mass is 197 g/mol. The first-order valence-electron chi connectivity index (χ1n) is 3.12. The lowest BCUT2D eigenvalue weighted by atomic mass is 10.0. The molecule has 7 heteroatoms. The molecule has 0 saturated heterocycles. The number of nitrogens with two attached hydrogens (primary N) is 1. The molecule has 6 nitrogen and oxygen atoms in total. The van der Waals surface area contributed by atoms with Gasteiger partial charge in [-0.2, -0.15) is 8.42 Å². The third-order valence-electron chi connectivity index (χ3n) is 1.37. The van der Waals surface area contributed by atoms with E-state index < -0.39 is 27.4 Å². The van der Waals surface area contributed by atoms with E-state index in [9.17, 15) is 13.2 Å². The average molecular weight is 197 g/mol.